The number of hydrogen-bond acceptors (Lipinski definition) is 3. The minimum absolute atomic E-state index is 0.0132. The predicted octanol–water partition coefficient (Wildman–Crippen LogP) is 3.80. The minimum Gasteiger partial charge on any atom is -0.395 e. The van der Waals surface area contributed by atoms with Gasteiger partial charge in [0.1, 0.15) is 0 Å². The lowest BCUT2D eigenvalue weighted by Gasteiger charge is -2.18. The molecule has 1 aromatic rings. The summed E-state index contributed by atoms with van der Waals surface area (Å²) in [5.41, 5.74) is -3.35. The van der Waals surface area contributed by atoms with Crippen LogP contribution in [0.5, 0.6) is 0 Å². The van der Waals surface area contributed by atoms with Gasteiger partial charge in [0.25, 0.3) is 0 Å². The molecular formula is C14H20F3NOS. The summed E-state index contributed by atoms with van der Waals surface area (Å²) in [5, 5.41) is 12.4. The molecule has 0 heterocycles. The Kier molecular flexibility index (Phi) is 6.85. The third-order valence-corrected chi connectivity index (χ3v) is 3.47. The molecule has 0 spiro atoms. The zero-order chi connectivity index (χ0) is 15.2. The first kappa shape index (κ1) is 17.3. The third-order valence-electron chi connectivity index (χ3n) is 2.73. The van der Waals surface area contributed by atoms with Crippen LogP contribution in [-0.4, -0.2) is 23.3 Å². The fourth-order valence-corrected chi connectivity index (χ4v) is 2.40. The summed E-state index contributed by atoms with van der Waals surface area (Å²) < 4.78 is 36.6. The van der Waals surface area contributed by atoms with Crippen molar-refractivity contribution in [2.75, 3.05) is 6.61 Å². The SMILES string of the molecule is CC(C)CC(CO)NCc1ccc(SC(F)(F)F)cc1. The lowest BCUT2D eigenvalue weighted by molar-refractivity contribution is -0.0328. The van der Waals surface area contributed by atoms with Gasteiger partial charge in [-0.3, -0.25) is 0 Å². The van der Waals surface area contributed by atoms with E-state index >= 15 is 0 Å². The maximum atomic E-state index is 12.2. The smallest absolute Gasteiger partial charge is 0.395 e. The fourth-order valence-electron chi connectivity index (χ4n) is 1.86. The molecule has 1 rings (SSSR count). The summed E-state index contributed by atoms with van der Waals surface area (Å²) >= 11 is -0.114. The maximum absolute atomic E-state index is 12.2. The Morgan fingerprint density at radius 1 is 1.20 bits per heavy atom. The first-order valence-corrected chi connectivity index (χ1v) is 7.30. The lowest BCUT2D eigenvalue weighted by atomic mass is 10.0. The zero-order valence-electron chi connectivity index (χ0n) is 11.6. The normalized spacial score (nSPS) is 13.8. The van der Waals surface area contributed by atoms with Crippen LogP contribution in [0.3, 0.4) is 0 Å². The number of halogens is 3. The third kappa shape index (κ3) is 7.17. The lowest BCUT2D eigenvalue weighted by Crippen LogP contribution is -2.33. The highest BCUT2D eigenvalue weighted by atomic mass is 32.2. The van der Waals surface area contributed by atoms with E-state index in [0.29, 0.717) is 12.5 Å². The Labute approximate surface area is 121 Å². The zero-order valence-corrected chi connectivity index (χ0v) is 12.4. The van der Waals surface area contributed by atoms with E-state index < -0.39 is 5.51 Å². The number of hydrogen-bond donors (Lipinski definition) is 2. The molecule has 1 unspecified atom stereocenters. The van der Waals surface area contributed by atoms with Gasteiger partial charge in [0, 0.05) is 17.5 Å². The predicted molar refractivity (Wildman–Crippen MR) is 75.5 cm³/mol. The molecule has 0 saturated heterocycles. The second kappa shape index (κ2) is 7.90. The Balaban J connectivity index is 2.49. The number of alkyl halides is 3. The monoisotopic (exact) mass is 307 g/mol. The van der Waals surface area contributed by atoms with E-state index in [0.717, 1.165) is 12.0 Å². The van der Waals surface area contributed by atoms with Gasteiger partial charge in [0.15, 0.2) is 0 Å². The highest BCUT2D eigenvalue weighted by Crippen LogP contribution is 2.36. The number of benzene rings is 1. The van der Waals surface area contributed by atoms with E-state index in [-0.39, 0.29) is 29.3 Å². The van der Waals surface area contributed by atoms with Gasteiger partial charge >= 0.3 is 5.51 Å². The van der Waals surface area contributed by atoms with Gasteiger partial charge in [-0.15, -0.1) is 0 Å². The van der Waals surface area contributed by atoms with Crippen LogP contribution in [0.15, 0.2) is 29.2 Å². The molecule has 0 bridgehead atoms. The average Bonchev–Trinajstić information content (AvgIpc) is 2.34. The first-order chi connectivity index (χ1) is 9.30. The molecule has 0 aromatic heterocycles. The van der Waals surface area contributed by atoms with Gasteiger partial charge in [-0.05, 0) is 41.8 Å². The second-order valence-electron chi connectivity index (χ2n) is 5.08. The minimum atomic E-state index is -4.25. The van der Waals surface area contributed by atoms with Gasteiger partial charge in [-0.1, -0.05) is 26.0 Å². The van der Waals surface area contributed by atoms with E-state index in [1.165, 1.54) is 12.1 Å². The molecule has 2 N–H and O–H groups in total. The molecule has 0 saturated carbocycles. The van der Waals surface area contributed by atoms with Crippen molar-refractivity contribution in [3.63, 3.8) is 0 Å². The van der Waals surface area contributed by atoms with Crippen LogP contribution in [0.4, 0.5) is 13.2 Å². The second-order valence-corrected chi connectivity index (χ2v) is 6.22. The van der Waals surface area contributed by atoms with Gasteiger partial charge < -0.3 is 10.4 Å². The van der Waals surface area contributed by atoms with E-state index in [9.17, 15) is 18.3 Å². The molecule has 0 aliphatic rings. The van der Waals surface area contributed by atoms with Gasteiger partial charge in [0.05, 0.1) is 6.61 Å². The van der Waals surface area contributed by atoms with E-state index in [1.807, 2.05) is 0 Å². The fraction of sp³-hybridized carbons (Fsp3) is 0.571. The summed E-state index contributed by atoms with van der Waals surface area (Å²) in [5.74, 6) is 0.477. The number of rotatable bonds is 7. The molecule has 0 aliphatic carbocycles. The molecule has 1 atom stereocenters. The number of thioether (sulfide) groups is 1. The van der Waals surface area contributed by atoms with Gasteiger partial charge in [0.2, 0.25) is 0 Å². The van der Waals surface area contributed by atoms with Crippen molar-refractivity contribution < 1.29 is 18.3 Å². The van der Waals surface area contributed by atoms with Crippen molar-refractivity contribution in [1.29, 1.82) is 0 Å². The Bertz CT molecular complexity index is 392. The topological polar surface area (TPSA) is 32.3 Å². The Morgan fingerprint density at radius 2 is 1.80 bits per heavy atom. The molecule has 0 fully saturated rings. The quantitative estimate of drug-likeness (QED) is 0.752. The van der Waals surface area contributed by atoms with Crippen molar-refractivity contribution >= 4 is 11.8 Å². The van der Waals surface area contributed by atoms with Crippen LogP contribution in [0, 0.1) is 5.92 Å². The molecule has 1 aromatic carbocycles. The van der Waals surface area contributed by atoms with Gasteiger partial charge in [-0.25, -0.2) is 0 Å². The van der Waals surface area contributed by atoms with Gasteiger partial charge in [-0.2, -0.15) is 13.2 Å². The van der Waals surface area contributed by atoms with Crippen molar-refractivity contribution in [3.8, 4) is 0 Å². The molecule has 20 heavy (non-hydrogen) atoms. The van der Waals surface area contributed by atoms with Crippen LogP contribution in [-0.2, 0) is 6.54 Å². The summed E-state index contributed by atoms with van der Waals surface area (Å²) in [6.07, 6.45) is 0.860. The van der Waals surface area contributed by atoms with E-state index in [4.69, 9.17) is 0 Å². The number of aliphatic hydroxyl groups is 1. The number of nitrogens with one attached hydrogen (secondary N) is 1. The Morgan fingerprint density at radius 3 is 2.25 bits per heavy atom. The molecule has 2 nitrogen and oxygen atoms in total. The molecule has 0 aliphatic heterocycles. The Hall–Kier alpha value is -0.720. The number of aliphatic hydroxyl groups excluding tert-OH is 1. The molecule has 6 heteroatoms. The van der Waals surface area contributed by atoms with Crippen LogP contribution < -0.4 is 5.32 Å². The van der Waals surface area contributed by atoms with Crippen molar-refractivity contribution in [2.45, 2.75) is 43.3 Å². The molecule has 0 radical (unpaired) electrons. The van der Waals surface area contributed by atoms with Crippen molar-refractivity contribution in [1.82, 2.24) is 5.32 Å². The summed E-state index contributed by atoms with van der Waals surface area (Å²) in [4.78, 5) is 0.183. The van der Waals surface area contributed by atoms with Crippen LogP contribution in [0.1, 0.15) is 25.8 Å². The summed E-state index contributed by atoms with van der Waals surface area (Å²) in [6.45, 7) is 4.75. The summed E-state index contributed by atoms with van der Waals surface area (Å²) in [7, 11) is 0. The first-order valence-electron chi connectivity index (χ1n) is 6.49. The largest absolute Gasteiger partial charge is 0.446 e. The molecule has 0 amide bonds. The molecule has 114 valence electrons. The average molecular weight is 307 g/mol. The molecular weight excluding hydrogens is 287 g/mol. The summed E-state index contributed by atoms with van der Waals surface area (Å²) in [6, 6.07) is 6.28. The van der Waals surface area contributed by atoms with Crippen LogP contribution in [0.25, 0.3) is 0 Å². The van der Waals surface area contributed by atoms with E-state index in [2.05, 4.69) is 19.2 Å². The standard InChI is InChI=1S/C14H20F3NOS/c1-10(2)7-12(9-19)18-8-11-3-5-13(6-4-11)20-14(15,16)17/h3-6,10,12,18-19H,7-9H2,1-2H3. The van der Waals surface area contributed by atoms with E-state index in [1.54, 1.807) is 12.1 Å². The maximum Gasteiger partial charge on any atom is 0.446 e. The highest BCUT2D eigenvalue weighted by Gasteiger charge is 2.28. The van der Waals surface area contributed by atoms with Crippen LogP contribution >= 0.6 is 11.8 Å². The van der Waals surface area contributed by atoms with Crippen LogP contribution in [0.2, 0.25) is 0 Å². The van der Waals surface area contributed by atoms with Crippen molar-refractivity contribution in [2.24, 2.45) is 5.92 Å². The highest BCUT2D eigenvalue weighted by molar-refractivity contribution is 8.00. The van der Waals surface area contributed by atoms with Crippen molar-refractivity contribution in [3.05, 3.63) is 29.8 Å².